The van der Waals surface area contributed by atoms with Gasteiger partial charge in [0.25, 0.3) is 0 Å². The molecule has 0 radical (unpaired) electrons. The first kappa shape index (κ1) is 9.29. The molecule has 1 aromatic heterocycles. The predicted molar refractivity (Wildman–Crippen MR) is 62.0 cm³/mol. The van der Waals surface area contributed by atoms with Gasteiger partial charge in [-0.25, -0.2) is 0 Å². The van der Waals surface area contributed by atoms with Crippen LogP contribution in [-0.2, 0) is 0 Å². The summed E-state index contributed by atoms with van der Waals surface area (Å²) in [5.41, 5.74) is 9.07. The second-order valence-corrected chi connectivity index (χ2v) is 3.20. The van der Waals surface area contributed by atoms with Gasteiger partial charge in [0.1, 0.15) is 0 Å². The molecule has 0 aliphatic heterocycles. The van der Waals surface area contributed by atoms with Crippen molar-refractivity contribution in [3.8, 4) is 23.6 Å². The van der Waals surface area contributed by atoms with Gasteiger partial charge in [0.05, 0.1) is 5.69 Å². The number of hydrogen-bond donors (Lipinski definition) is 1. The second kappa shape index (κ2) is 3.85. The highest BCUT2D eigenvalue weighted by atomic mass is 14.7. The molecule has 2 heteroatoms. The van der Waals surface area contributed by atoms with Crippen molar-refractivity contribution in [3.05, 3.63) is 48.2 Å². The summed E-state index contributed by atoms with van der Waals surface area (Å²) in [5.74, 6) is 2.53. The first-order chi connectivity index (χ1) is 7.29. The highest BCUT2D eigenvalue weighted by Gasteiger charge is 1.98. The van der Waals surface area contributed by atoms with Crippen molar-refractivity contribution in [3.63, 3.8) is 0 Å². The molecule has 0 saturated heterocycles. The number of nitrogens with zero attached hydrogens (tertiary/aromatic N) is 1. The maximum atomic E-state index is 5.60. The molecule has 0 aliphatic carbocycles. The Morgan fingerprint density at radius 1 is 1.07 bits per heavy atom. The minimum atomic E-state index is 0.749. The maximum absolute atomic E-state index is 5.60. The molecule has 0 atom stereocenters. The molecule has 72 valence electrons. The van der Waals surface area contributed by atoms with Gasteiger partial charge in [0, 0.05) is 23.0 Å². The average Bonchev–Trinajstić information content (AvgIpc) is 2.30. The Bertz CT molecular complexity index is 490. The second-order valence-electron chi connectivity index (χ2n) is 3.20. The fraction of sp³-hybridized carbons (Fsp3) is 0. The average molecular weight is 194 g/mol. The van der Waals surface area contributed by atoms with Crippen molar-refractivity contribution in [2.24, 2.45) is 0 Å². The van der Waals surface area contributed by atoms with Gasteiger partial charge in [-0.15, -0.1) is 6.42 Å². The summed E-state index contributed by atoms with van der Waals surface area (Å²) in [6.07, 6.45) is 6.94. The normalized spacial score (nSPS) is 9.53. The van der Waals surface area contributed by atoms with E-state index in [2.05, 4.69) is 10.9 Å². The molecule has 0 bridgehead atoms. The highest BCUT2D eigenvalue weighted by molar-refractivity contribution is 5.62. The van der Waals surface area contributed by atoms with E-state index in [9.17, 15) is 0 Å². The van der Waals surface area contributed by atoms with E-state index in [-0.39, 0.29) is 0 Å². The molecule has 0 spiro atoms. The van der Waals surface area contributed by atoms with Crippen LogP contribution < -0.4 is 5.73 Å². The Labute approximate surface area is 88.8 Å². The fourth-order valence-electron chi connectivity index (χ4n) is 1.30. The van der Waals surface area contributed by atoms with Gasteiger partial charge in [-0.05, 0) is 24.3 Å². The minimum Gasteiger partial charge on any atom is -0.399 e. The Balaban J connectivity index is 2.38. The molecule has 15 heavy (non-hydrogen) atoms. The van der Waals surface area contributed by atoms with Gasteiger partial charge in [0.2, 0.25) is 0 Å². The molecule has 0 amide bonds. The summed E-state index contributed by atoms with van der Waals surface area (Å²) < 4.78 is 0. The van der Waals surface area contributed by atoms with Crippen molar-refractivity contribution in [1.82, 2.24) is 4.98 Å². The van der Waals surface area contributed by atoms with Crippen LogP contribution in [0.15, 0.2) is 42.6 Å². The third kappa shape index (κ3) is 1.97. The maximum Gasteiger partial charge on any atom is 0.0702 e. The van der Waals surface area contributed by atoms with Gasteiger partial charge in [0.15, 0.2) is 0 Å². The number of benzene rings is 1. The van der Waals surface area contributed by atoms with Crippen LogP contribution in [0.2, 0.25) is 0 Å². The standard InChI is InChI=1S/C13H10N2/c1-2-10-3-8-13(15-9-10)11-4-6-12(14)7-5-11/h1,3-9H,14H2. The molecule has 0 unspecified atom stereocenters. The van der Waals surface area contributed by atoms with Gasteiger partial charge in [-0.1, -0.05) is 18.1 Å². The zero-order valence-electron chi connectivity index (χ0n) is 8.14. The fourth-order valence-corrected chi connectivity index (χ4v) is 1.30. The number of terminal acetylenes is 1. The van der Waals surface area contributed by atoms with Crippen LogP contribution in [0.4, 0.5) is 5.69 Å². The molecule has 1 aromatic carbocycles. The van der Waals surface area contributed by atoms with E-state index in [4.69, 9.17) is 12.2 Å². The van der Waals surface area contributed by atoms with E-state index in [1.165, 1.54) is 0 Å². The lowest BCUT2D eigenvalue weighted by atomic mass is 10.1. The van der Waals surface area contributed by atoms with Gasteiger partial charge >= 0.3 is 0 Å². The molecule has 0 fully saturated rings. The molecule has 2 aromatic rings. The van der Waals surface area contributed by atoms with Crippen LogP contribution in [0.1, 0.15) is 5.56 Å². The Morgan fingerprint density at radius 3 is 2.33 bits per heavy atom. The Kier molecular flexibility index (Phi) is 2.38. The van der Waals surface area contributed by atoms with Crippen LogP contribution in [0, 0.1) is 12.3 Å². The summed E-state index contributed by atoms with van der Waals surface area (Å²) in [4.78, 5) is 4.27. The SMILES string of the molecule is C#Cc1ccc(-c2ccc(N)cc2)nc1. The van der Waals surface area contributed by atoms with Crippen LogP contribution in [0.3, 0.4) is 0 Å². The minimum absolute atomic E-state index is 0.749. The molecule has 2 nitrogen and oxygen atoms in total. The smallest absolute Gasteiger partial charge is 0.0702 e. The van der Waals surface area contributed by atoms with Crippen LogP contribution in [-0.4, -0.2) is 4.98 Å². The number of nitrogens with two attached hydrogens (primary N) is 1. The van der Waals surface area contributed by atoms with E-state index >= 15 is 0 Å². The van der Waals surface area contributed by atoms with E-state index in [0.29, 0.717) is 0 Å². The summed E-state index contributed by atoms with van der Waals surface area (Å²) in [6, 6.07) is 11.4. The topological polar surface area (TPSA) is 38.9 Å². The van der Waals surface area contributed by atoms with Crippen LogP contribution in [0.25, 0.3) is 11.3 Å². The number of anilines is 1. The predicted octanol–water partition coefficient (Wildman–Crippen LogP) is 2.31. The zero-order chi connectivity index (χ0) is 10.7. The number of hydrogen-bond acceptors (Lipinski definition) is 2. The van der Waals surface area contributed by atoms with Crippen LogP contribution in [0.5, 0.6) is 0 Å². The number of nitrogen functional groups attached to an aromatic ring is 1. The largest absolute Gasteiger partial charge is 0.399 e. The first-order valence-electron chi connectivity index (χ1n) is 4.58. The molecular weight excluding hydrogens is 184 g/mol. The Morgan fingerprint density at radius 2 is 1.80 bits per heavy atom. The van der Waals surface area contributed by atoms with Gasteiger partial charge < -0.3 is 5.73 Å². The van der Waals surface area contributed by atoms with E-state index in [1.54, 1.807) is 6.20 Å². The summed E-state index contributed by atoms with van der Waals surface area (Å²) >= 11 is 0. The summed E-state index contributed by atoms with van der Waals surface area (Å²) in [7, 11) is 0. The van der Waals surface area contributed by atoms with E-state index in [0.717, 1.165) is 22.5 Å². The number of pyridine rings is 1. The molecule has 2 rings (SSSR count). The number of aromatic nitrogens is 1. The first-order valence-corrected chi connectivity index (χ1v) is 4.58. The highest BCUT2D eigenvalue weighted by Crippen LogP contribution is 2.18. The molecule has 1 heterocycles. The van der Waals surface area contributed by atoms with E-state index in [1.807, 2.05) is 36.4 Å². The van der Waals surface area contributed by atoms with Gasteiger partial charge in [-0.2, -0.15) is 0 Å². The lowest BCUT2D eigenvalue weighted by Crippen LogP contribution is -1.86. The van der Waals surface area contributed by atoms with Crippen molar-refractivity contribution >= 4 is 5.69 Å². The van der Waals surface area contributed by atoms with Crippen LogP contribution >= 0.6 is 0 Å². The quantitative estimate of drug-likeness (QED) is 0.559. The lowest BCUT2D eigenvalue weighted by molar-refractivity contribution is 1.31. The molecule has 0 aliphatic rings. The van der Waals surface area contributed by atoms with Crippen molar-refractivity contribution < 1.29 is 0 Å². The van der Waals surface area contributed by atoms with Crippen molar-refractivity contribution in [1.29, 1.82) is 0 Å². The zero-order valence-corrected chi connectivity index (χ0v) is 8.14. The summed E-state index contributed by atoms with van der Waals surface area (Å²) in [6.45, 7) is 0. The number of rotatable bonds is 1. The third-order valence-corrected chi connectivity index (χ3v) is 2.14. The van der Waals surface area contributed by atoms with Crippen molar-refractivity contribution in [2.75, 3.05) is 5.73 Å². The lowest BCUT2D eigenvalue weighted by Gasteiger charge is -2.01. The van der Waals surface area contributed by atoms with Gasteiger partial charge in [-0.3, -0.25) is 4.98 Å². The van der Waals surface area contributed by atoms with E-state index < -0.39 is 0 Å². The Hall–Kier alpha value is -2.27. The molecule has 0 saturated carbocycles. The molecular formula is C13H10N2. The van der Waals surface area contributed by atoms with Crippen molar-refractivity contribution in [2.45, 2.75) is 0 Å². The summed E-state index contributed by atoms with van der Waals surface area (Å²) in [5, 5.41) is 0. The third-order valence-electron chi connectivity index (χ3n) is 2.14. The molecule has 2 N–H and O–H groups in total. The monoisotopic (exact) mass is 194 g/mol.